The number of sulfonamides is 1. The number of aromatic nitrogens is 1. The van der Waals surface area contributed by atoms with Crippen LogP contribution in [-0.4, -0.2) is 37.6 Å². The van der Waals surface area contributed by atoms with Crippen LogP contribution in [0.15, 0.2) is 33.7 Å². The molecule has 0 radical (unpaired) electrons. The second-order valence-electron chi connectivity index (χ2n) is 6.90. The molecule has 10 heteroatoms. The topological polar surface area (TPSA) is 128 Å². The highest BCUT2D eigenvalue weighted by molar-refractivity contribution is 7.89. The van der Waals surface area contributed by atoms with Crippen LogP contribution in [0, 0.1) is 13.8 Å². The van der Waals surface area contributed by atoms with E-state index in [0.29, 0.717) is 22.7 Å². The fraction of sp³-hybridized carbons (Fsp3) is 0.421. The van der Waals surface area contributed by atoms with Gasteiger partial charge in [-0.1, -0.05) is 5.16 Å². The largest absolute Gasteiger partial charge is 0.452 e. The van der Waals surface area contributed by atoms with Crippen LogP contribution in [0.2, 0.25) is 0 Å². The van der Waals surface area contributed by atoms with Crippen molar-refractivity contribution < 1.29 is 27.3 Å². The van der Waals surface area contributed by atoms with E-state index in [-0.39, 0.29) is 17.4 Å². The summed E-state index contributed by atoms with van der Waals surface area (Å²) >= 11 is 0. The van der Waals surface area contributed by atoms with Gasteiger partial charge in [0.1, 0.15) is 5.76 Å². The smallest absolute Gasteiger partial charge is 0.311 e. The number of esters is 1. The van der Waals surface area contributed by atoms with Crippen LogP contribution in [0.3, 0.4) is 0 Å². The number of nitrogens with one attached hydrogen (secondary N) is 2. The monoisotopic (exact) mass is 423 g/mol. The number of nitrogens with zero attached hydrogens (tertiary/aromatic N) is 1. The summed E-state index contributed by atoms with van der Waals surface area (Å²) in [5.41, 5.74) is 1.61. The lowest BCUT2D eigenvalue weighted by molar-refractivity contribution is -0.152. The summed E-state index contributed by atoms with van der Waals surface area (Å²) in [5.74, 6) is -0.588. The Labute approximate surface area is 169 Å². The molecule has 1 amide bonds. The molecule has 9 nitrogen and oxygen atoms in total. The fourth-order valence-electron chi connectivity index (χ4n) is 2.53. The van der Waals surface area contributed by atoms with Gasteiger partial charge in [-0.2, -0.15) is 0 Å². The van der Waals surface area contributed by atoms with Crippen LogP contribution < -0.4 is 10.0 Å². The molecular weight excluding hydrogens is 398 g/mol. The molecule has 0 saturated heterocycles. The van der Waals surface area contributed by atoms with E-state index in [2.05, 4.69) is 15.2 Å². The number of aryl methyl sites for hydroxylation is 2. The molecule has 1 aromatic heterocycles. The van der Waals surface area contributed by atoms with Crippen molar-refractivity contribution in [3.8, 4) is 0 Å². The van der Waals surface area contributed by atoms with Crippen LogP contribution in [0.5, 0.6) is 0 Å². The third-order valence-corrected chi connectivity index (χ3v) is 5.68. The summed E-state index contributed by atoms with van der Waals surface area (Å²) in [6.07, 6.45) is -1.08. The summed E-state index contributed by atoms with van der Waals surface area (Å²) in [6.45, 7) is 8.31. The Morgan fingerprint density at radius 1 is 1.14 bits per heavy atom. The van der Waals surface area contributed by atoms with Gasteiger partial charge in [-0.3, -0.25) is 9.59 Å². The molecule has 29 heavy (non-hydrogen) atoms. The quantitative estimate of drug-likeness (QED) is 0.622. The lowest BCUT2D eigenvalue weighted by Crippen LogP contribution is -2.31. The van der Waals surface area contributed by atoms with Crippen molar-refractivity contribution in [3.63, 3.8) is 0 Å². The van der Waals surface area contributed by atoms with Crippen molar-refractivity contribution in [3.05, 3.63) is 41.3 Å². The van der Waals surface area contributed by atoms with Gasteiger partial charge >= 0.3 is 5.97 Å². The van der Waals surface area contributed by atoms with Gasteiger partial charge in [0.15, 0.2) is 6.10 Å². The molecule has 2 N–H and O–H groups in total. The number of rotatable bonds is 8. The summed E-state index contributed by atoms with van der Waals surface area (Å²) in [6, 6.07) is 5.46. The Bertz CT molecular complexity index is 960. The predicted octanol–water partition coefficient (Wildman–Crippen LogP) is 2.09. The number of carbonyl (C=O) groups excluding carboxylic acids is 2. The average molecular weight is 423 g/mol. The van der Waals surface area contributed by atoms with Crippen molar-refractivity contribution in [2.24, 2.45) is 0 Å². The zero-order valence-electron chi connectivity index (χ0n) is 17.0. The maximum absolute atomic E-state index is 12.3. The first-order chi connectivity index (χ1) is 13.5. The predicted molar refractivity (Wildman–Crippen MR) is 106 cm³/mol. The molecular formula is C19H25N3O6S. The molecule has 158 valence electrons. The van der Waals surface area contributed by atoms with E-state index in [0.717, 1.165) is 0 Å². The van der Waals surface area contributed by atoms with Gasteiger partial charge in [0, 0.05) is 17.3 Å². The Balaban J connectivity index is 1.94. The minimum atomic E-state index is -3.61. The van der Waals surface area contributed by atoms with Gasteiger partial charge in [0.05, 0.1) is 17.0 Å². The number of benzene rings is 1. The van der Waals surface area contributed by atoms with Gasteiger partial charge in [-0.25, -0.2) is 13.1 Å². The number of anilines is 1. The van der Waals surface area contributed by atoms with E-state index in [9.17, 15) is 18.0 Å². The van der Waals surface area contributed by atoms with Crippen molar-refractivity contribution in [2.75, 3.05) is 5.32 Å². The molecule has 1 unspecified atom stereocenters. The number of ether oxygens (including phenoxy) is 1. The van der Waals surface area contributed by atoms with Gasteiger partial charge in [-0.15, -0.1) is 0 Å². The SMILES string of the molecule is Cc1noc(C)c1CC(=O)OC(C)C(=O)Nc1ccc(S(=O)(=O)NC(C)C)cc1. The third-order valence-electron chi connectivity index (χ3n) is 4.00. The van der Waals surface area contributed by atoms with Crippen molar-refractivity contribution in [1.29, 1.82) is 0 Å². The van der Waals surface area contributed by atoms with Crippen LogP contribution in [-0.2, 0) is 30.8 Å². The number of carbonyl (C=O) groups is 2. The minimum Gasteiger partial charge on any atom is -0.452 e. The van der Waals surface area contributed by atoms with Crippen molar-refractivity contribution in [1.82, 2.24) is 9.88 Å². The molecule has 0 aliphatic heterocycles. The Morgan fingerprint density at radius 2 is 1.76 bits per heavy atom. The first kappa shape index (κ1) is 22.6. The van der Waals surface area contributed by atoms with Gasteiger partial charge in [0.2, 0.25) is 10.0 Å². The van der Waals surface area contributed by atoms with Crippen LogP contribution in [0.1, 0.15) is 37.8 Å². The highest BCUT2D eigenvalue weighted by atomic mass is 32.2. The summed E-state index contributed by atoms with van der Waals surface area (Å²) in [5, 5.41) is 6.36. The molecule has 0 saturated carbocycles. The number of hydrogen-bond donors (Lipinski definition) is 2. The fourth-order valence-corrected chi connectivity index (χ4v) is 3.78. The second kappa shape index (κ2) is 9.19. The average Bonchev–Trinajstić information content (AvgIpc) is 2.93. The molecule has 0 aliphatic carbocycles. The zero-order chi connectivity index (χ0) is 21.8. The standard InChI is InChI=1S/C19H25N3O6S/c1-11(2)22-29(25,26)16-8-6-15(7-9-16)20-19(24)14(5)27-18(23)10-17-12(3)21-28-13(17)4/h6-9,11,14,22H,10H2,1-5H3,(H,20,24). The highest BCUT2D eigenvalue weighted by Gasteiger charge is 2.21. The summed E-state index contributed by atoms with van der Waals surface area (Å²) in [7, 11) is -3.61. The van der Waals surface area contributed by atoms with Crippen molar-refractivity contribution >= 4 is 27.6 Å². The molecule has 2 rings (SSSR count). The molecule has 0 bridgehead atoms. The highest BCUT2D eigenvalue weighted by Crippen LogP contribution is 2.16. The van der Waals surface area contributed by atoms with Crippen LogP contribution >= 0.6 is 0 Å². The number of hydrogen-bond acceptors (Lipinski definition) is 7. The van der Waals surface area contributed by atoms with Gasteiger partial charge in [0.25, 0.3) is 5.91 Å². The molecule has 0 spiro atoms. The normalized spacial score (nSPS) is 12.6. The van der Waals surface area contributed by atoms with Gasteiger partial charge < -0.3 is 14.6 Å². The minimum absolute atomic E-state index is 0.0474. The van der Waals surface area contributed by atoms with E-state index in [1.165, 1.54) is 31.2 Å². The Morgan fingerprint density at radius 3 is 2.28 bits per heavy atom. The zero-order valence-corrected chi connectivity index (χ0v) is 17.8. The first-order valence-electron chi connectivity index (χ1n) is 9.04. The van der Waals surface area contributed by atoms with Crippen molar-refractivity contribution in [2.45, 2.75) is 58.1 Å². The molecule has 1 atom stereocenters. The number of amides is 1. The summed E-state index contributed by atoms with van der Waals surface area (Å²) < 4.78 is 36.9. The second-order valence-corrected chi connectivity index (χ2v) is 8.62. The molecule has 0 aliphatic rings. The Hall–Kier alpha value is -2.72. The summed E-state index contributed by atoms with van der Waals surface area (Å²) in [4.78, 5) is 24.4. The molecule has 0 fully saturated rings. The molecule has 1 aromatic carbocycles. The van der Waals surface area contributed by atoms with E-state index in [1.54, 1.807) is 27.7 Å². The lowest BCUT2D eigenvalue weighted by Gasteiger charge is -2.14. The maximum atomic E-state index is 12.3. The first-order valence-corrected chi connectivity index (χ1v) is 10.5. The van der Waals surface area contributed by atoms with Crippen LogP contribution in [0.25, 0.3) is 0 Å². The lowest BCUT2D eigenvalue weighted by atomic mass is 10.1. The van der Waals surface area contributed by atoms with E-state index < -0.39 is 28.0 Å². The molecule has 2 aromatic rings. The molecule has 1 heterocycles. The van der Waals surface area contributed by atoms with Crippen LogP contribution in [0.4, 0.5) is 5.69 Å². The maximum Gasteiger partial charge on any atom is 0.311 e. The Kier molecular flexibility index (Phi) is 7.15. The van der Waals surface area contributed by atoms with Gasteiger partial charge in [-0.05, 0) is 58.9 Å². The van der Waals surface area contributed by atoms with E-state index in [4.69, 9.17) is 9.26 Å². The van der Waals surface area contributed by atoms with E-state index in [1.807, 2.05) is 0 Å². The third kappa shape index (κ3) is 6.13. The van der Waals surface area contributed by atoms with E-state index >= 15 is 0 Å².